The summed E-state index contributed by atoms with van der Waals surface area (Å²) in [6, 6.07) is 15.6. The molecule has 2 aromatic carbocycles. The quantitative estimate of drug-likeness (QED) is 0.562. The lowest BCUT2D eigenvalue weighted by Crippen LogP contribution is -2.33. The van der Waals surface area contributed by atoms with E-state index >= 15 is 0 Å². The maximum absolute atomic E-state index is 10.2. The predicted octanol–water partition coefficient (Wildman–Crippen LogP) is 4.30. The van der Waals surface area contributed by atoms with Crippen LogP contribution in [-0.4, -0.2) is 29.3 Å². The van der Waals surface area contributed by atoms with E-state index in [1.54, 1.807) is 12.1 Å². The first-order chi connectivity index (χ1) is 12.1. The monoisotopic (exact) mass is 358 g/mol. The third-order valence-electron chi connectivity index (χ3n) is 4.17. The van der Waals surface area contributed by atoms with Crippen LogP contribution < -0.4 is 10.1 Å². The number of rotatable bonds is 8. The molecule has 0 saturated heterocycles. The van der Waals surface area contributed by atoms with Crippen LogP contribution in [0.4, 0.5) is 0 Å². The SMILES string of the molecule is CC(COc1ccc2[nH]ccc2c1)NCCC(O)c1cccc(Cl)c1. The maximum atomic E-state index is 10.2. The van der Waals surface area contributed by atoms with E-state index in [0.29, 0.717) is 24.6 Å². The van der Waals surface area contributed by atoms with Crippen molar-refractivity contribution in [3.05, 3.63) is 65.3 Å². The predicted molar refractivity (Wildman–Crippen MR) is 102 cm³/mol. The molecule has 0 spiro atoms. The minimum Gasteiger partial charge on any atom is -0.492 e. The fraction of sp³-hybridized carbons (Fsp3) is 0.300. The molecule has 0 fully saturated rings. The average molecular weight is 359 g/mol. The molecule has 1 aromatic heterocycles. The maximum Gasteiger partial charge on any atom is 0.120 e. The summed E-state index contributed by atoms with van der Waals surface area (Å²) in [5.74, 6) is 0.861. The van der Waals surface area contributed by atoms with Crippen LogP contribution in [0.5, 0.6) is 5.75 Å². The van der Waals surface area contributed by atoms with Gasteiger partial charge in [-0.25, -0.2) is 0 Å². The number of fused-ring (bicyclic) bond motifs is 1. The molecule has 4 nitrogen and oxygen atoms in total. The van der Waals surface area contributed by atoms with Gasteiger partial charge in [-0.2, -0.15) is 0 Å². The fourth-order valence-corrected chi connectivity index (χ4v) is 2.95. The molecule has 0 saturated carbocycles. The summed E-state index contributed by atoms with van der Waals surface area (Å²) in [6.45, 7) is 3.35. The van der Waals surface area contributed by atoms with Gasteiger partial charge in [0.15, 0.2) is 0 Å². The Balaban J connectivity index is 1.41. The molecule has 0 aliphatic rings. The van der Waals surface area contributed by atoms with Crippen molar-refractivity contribution in [3.63, 3.8) is 0 Å². The number of hydrogen-bond donors (Lipinski definition) is 3. The van der Waals surface area contributed by atoms with Gasteiger partial charge in [0.1, 0.15) is 12.4 Å². The Kier molecular flexibility index (Phi) is 5.97. The van der Waals surface area contributed by atoms with Crippen LogP contribution >= 0.6 is 11.6 Å². The van der Waals surface area contributed by atoms with Crippen molar-refractivity contribution in [2.45, 2.75) is 25.5 Å². The van der Waals surface area contributed by atoms with E-state index in [0.717, 1.165) is 22.2 Å². The Labute approximate surface area is 152 Å². The number of benzene rings is 2. The first-order valence-electron chi connectivity index (χ1n) is 8.48. The van der Waals surface area contributed by atoms with Crippen molar-refractivity contribution in [2.75, 3.05) is 13.2 Å². The highest BCUT2D eigenvalue weighted by molar-refractivity contribution is 6.30. The van der Waals surface area contributed by atoms with E-state index < -0.39 is 6.10 Å². The third-order valence-corrected chi connectivity index (χ3v) is 4.40. The van der Waals surface area contributed by atoms with Crippen LogP contribution in [0.25, 0.3) is 10.9 Å². The molecular formula is C20H23ClN2O2. The van der Waals surface area contributed by atoms with Crippen LogP contribution in [0.1, 0.15) is 25.0 Å². The first-order valence-corrected chi connectivity index (χ1v) is 8.86. The van der Waals surface area contributed by atoms with Gasteiger partial charge in [-0.3, -0.25) is 0 Å². The third kappa shape index (κ3) is 4.98. The topological polar surface area (TPSA) is 57.3 Å². The minimum absolute atomic E-state index is 0.188. The van der Waals surface area contributed by atoms with Gasteiger partial charge in [-0.05, 0) is 61.9 Å². The number of aliphatic hydroxyl groups is 1. The number of aromatic amines is 1. The molecule has 0 radical (unpaired) electrons. The van der Waals surface area contributed by atoms with Gasteiger partial charge < -0.3 is 20.1 Å². The van der Waals surface area contributed by atoms with Crippen molar-refractivity contribution in [1.29, 1.82) is 0 Å². The van der Waals surface area contributed by atoms with Gasteiger partial charge >= 0.3 is 0 Å². The zero-order chi connectivity index (χ0) is 17.6. The molecule has 0 amide bonds. The van der Waals surface area contributed by atoms with E-state index in [4.69, 9.17) is 16.3 Å². The van der Waals surface area contributed by atoms with E-state index in [1.165, 1.54) is 0 Å². The molecule has 0 aliphatic carbocycles. The highest BCUT2D eigenvalue weighted by atomic mass is 35.5. The molecule has 132 valence electrons. The van der Waals surface area contributed by atoms with Crippen molar-refractivity contribution in [1.82, 2.24) is 10.3 Å². The standard InChI is InChI=1S/C20H23ClN2O2/c1-14(13-25-18-5-6-19-15(12-18)7-9-23-19)22-10-8-20(24)16-3-2-4-17(21)11-16/h2-7,9,11-12,14,20,22-24H,8,10,13H2,1H3. The van der Waals surface area contributed by atoms with Gasteiger partial charge in [0.2, 0.25) is 0 Å². The van der Waals surface area contributed by atoms with Crippen LogP contribution in [0, 0.1) is 0 Å². The van der Waals surface area contributed by atoms with Gasteiger partial charge in [0, 0.05) is 28.2 Å². The minimum atomic E-state index is -0.518. The van der Waals surface area contributed by atoms with Crippen LogP contribution in [0.3, 0.4) is 0 Å². The molecule has 5 heteroatoms. The lowest BCUT2D eigenvalue weighted by molar-refractivity contribution is 0.163. The van der Waals surface area contributed by atoms with Gasteiger partial charge in [0.05, 0.1) is 6.10 Å². The summed E-state index contributed by atoms with van der Waals surface area (Å²) in [5, 5.41) is 15.4. The number of ether oxygens (including phenoxy) is 1. The van der Waals surface area contributed by atoms with Crippen molar-refractivity contribution < 1.29 is 9.84 Å². The highest BCUT2D eigenvalue weighted by Gasteiger charge is 2.09. The molecule has 3 N–H and O–H groups in total. The molecule has 25 heavy (non-hydrogen) atoms. The molecule has 3 rings (SSSR count). The van der Waals surface area contributed by atoms with E-state index in [9.17, 15) is 5.11 Å². The molecule has 0 bridgehead atoms. The van der Waals surface area contributed by atoms with Crippen molar-refractivity contribution in [2.24, 2.45) is 0 Å². The molecule has 2 unspecified atom stereocenters. The van der Waals surface area contributed by atoms with Gasteiger partial charge in [-0.1, -0.05) is 23.7 Å². The largest absolute Gasteiger partial charge is 0.492 e. The Hall–Kier alpha value is -2.01. The van der Waals surface area contributed by atoms with E-state index in [1.807, 2.05) is 42.6 Å². The first kappa shape index (κ1) is 17.8. The molecule has 2 atom stereocenters. The van der Waals surface area contributed by atoms with Crippen LogP contribution in [-0.2, 0) is 0 Å². The zero-order valence-corrected chi connectivity index (χ0v) is 15.0. The zero-order valence-electron chi connectivity index (χ0n) is 14.2. The second-order valence-electron chi connectivity index (χ2n) is 6.25. The summed E-state index contributed by atoms with van der Waals surface area (Å²) in [4.78, 5) is 3.17. The van der Waals surface area contributed by atoms with E-state index in [2.05, 4.69) is 17.2 Å². The van der Waals surface area contributed by atoms with Gasteiger partial charge in [0.25, 0.3) is 0 Å². The molecule has 3 aromatic rings. The van der Waals surface area contributed by atoms with Crippen molar-refractivity contribution >= 4 is 22.5 Å². The van der Waals surface area contributed by atoms with Crippen molar-refractivity contribution in [3.8, 4) is 5.75 Å². The fourth-order valence-electron chi connectivity index (χ4n) is 2.75. The summed E-state index contributed by atoms with van der Waals surface area (Å²) in [7, 11) is 0. The number of aliphatic hydroxyl groups excluding tert-OH is 1. The van der Waals surface area contributed by atoms with Crippen LogP contribution in [0.2, 0.25) is 5.02 Å². The summed E-state index contributed by atoms with van der Waals surface area (Å²) < 4.78 is 5.85. The smallest absolute Gasteiger partial charge is 0.120 e. The lowest BCUT2D eigenvalue weighted by atomic mass is 10.1. The number of nitrogens with one attached hydrogen (secondary N) is 2. The second kappa shape index (κ2) is 8.39. The Bertz CT molecular complexity index is 818. The second-order valence-corrected chi connectivity index (χ2v) is 6.69. The Morgan fingerprint density at radius 1 is 1.20 bits per heavy atom. The molecular weight excluding hydrogens is 336 g/mol. The summed E-state index contributed by atoms with van der Waals surface area (Å²) in [5.41, 5.74) is 1.95. The normalized spacial score (nSPS) is 13.7. The lowest BCUT2D eigenvalue weighted by Gasteiger charge is -2.17. The average Bonchev–Trinajstić information content (AvgIpc) is 3.07. The highest BCUT2D eigenvalue weighted by Crippen LogP contribution is 2.21. The van der Waals surface area contributed by atoms with E-state index in [-0.39, 0.29) is 6.04 Å². The summed E-state index contributed by atoms with van der Waals surface area (Å²) >= 11 is 5.96. The Morgan fingerprint density at radius 3 is 2.92 bits per heavy atom. The molecule has 0 aliphatic heterocycles. The Morgan fingerprint density at radius 2 is 2.08 bits per heavy atom. The van der Waals surface area contributed by atoms with Crippen LogP contribution in [0.15, 0.2) is 54.7 Å². The number of hydrogen-bond acceptors (Lipinski definition) is 3. The summed E-state index contributed by atoms with van der Waals surface area (Å²) in [6.07, 6.45) is 2.03. The number of halogens is 1. The molecule has 1 heterocycles. The number of aromatic nitrogens is 1. The van der Waals surface area contributed by atoms with Gasteiger partial charge in [-0.15, -0.1) is 0 Å². The number of H-pyrrole nitrogens is 1.